The smallest absolute Gasteiger partial charge is 0.200 e. The van der Waals surface area contributed by atoms with Crippen molar-refractivity contribution >= 4 is 11.4 Å². The molecule has 0 radical (unpaired) electrons. The van der Waals surface area contributed by atoms with Gasteiger partial charge in [0.25, 0.3) is 0 Å². The SMILES string of the molecule is Cc1ccc(NCC2CC(C)(C)C(c3ccccc3)=[N+]2[O-])cc1. The maximum atomic E-state index is 12.8. The predicted octanol–water partition coefficient (Wildman–Crippen LogP) is 4.21. The topological polar surface area (TPSA) is 38.1 Å². The summed E-state index contributed by atoms with van der Waals surface area (Å²) in [7, 11) is 0. The molecule has 1 aliphatic rings. The molecule has 23 heavy (non-hydrogen) atoms. The van der Waals surface area contributed by atoms with Crippen molar-refractivity contribution in [3.05, 3.63) is 70.9 Å². The monoisotopic (exact) mass is 308 g/mol. The van der Waals surface area contributed by atoms with Gasteiger partial charge in [0.2, 0.25) is 5.71 Å². The lowest BCUT2D eigenvalue weighted by Gasteiger charge is -2.15. The van der Waals surface area contributed by atoms with Crippen molar-refractivity contribution in [3.8, 4) is 0 Å². The summed E-state index contributed by atoms with van der Waals surface area (Å²) < 4.78 is 1.22. The van der Waals surface area contributed by atoms with Gasteiger partial charge in [-0.25, -0.2) is 4.74 Å². The molecule has 1 aliphatic heterocycles. The van der Waals surface area contributed by atoms with E-state index in [0.29, 0.717) is 6.54 Å². The zero-order valence-electron chi connectivity index (χ0n) is 14.0. The van der Waals surface area contributed by atoms with E-state index in [1.807, 2.05) is 30.3 Å². The van der Waals surface area contributed by atoms with Gasteiger partial charge >= 0.3 is 0 Å². The van der Waals surface area contributed by atoms with Crippen LogP contribution in [0, 0.1) is 17.5 Å². The van der Waals surface area contributed by atoms with E-state index in [1.54, 1.807) is 0 Å². The number of hydroxylamine groups is 1. The Labute approximate surface area is 138 Å². The van der Waals surface area contributed by atoms with Gasteiger partial charge in [0, 0.05) is 17.7 Å². The van der Waals surface area contributed by atoms with Crippen LogP contribution in [0.2, 0.25) is 0 Å². The molecule has 120 valence electrons. The van der Waals surface area contributed by atoms with Crippen LogP contribution in [0.15, 0.2) is 54.6 Å². The van der Waals surface area contributed by atoms with Crippen LogP contribution in [0.3, 0.4) is 0 Å². The summed E-state index contributed by atoms with van der Waals surface area (Å²) in [5.74, 6) is 0. The number of benzene rings is 2. The number of aryl methyl sites for hydroxylation is 1. The van der Waals surface area contributed by atoms with Crippen LogP contribution in [0.4, 0.5) is 5.69 Å². The van der Waals surface area contributed by atoms with Crippen LogP contribution in [0.1, 0.15) is 31.4 Å². The Balaban J connectivity index is 1.79. The lowest BCUT2D eigenvalue weighted by Crippen LogP contribution is -2.27. The molecule has 1 N–H and O–H groups in total. The molecule has 1 unspecified atom stereocenters. The standard InChI is InChI=1S/C20H24N2O/c1-15-9-11-17(12-10-15)21-14-18-13-20(2,3)19(22(18)23)16-7-5-4-6-8-16/h4-12,18,21H,13-14H2,1-3H3. The van der Waals surface area contributed by atoms with E-state index >= 15 is 0 Å². The van der Waals surface area contributed by atoms with Crippen LogP contribution in [-0.2, 0) is 0 Å². The first-order valence-corrected chi connectivity index (χ1v) is 8.17. The number of rotatable bonds is 4. The van der Waals surface area contributed by atoms with Gasteiger partial charge in [-0.3, -0.25) is 0 Å². The molecule has 2 aromatic rings. The lowest BCUT2D eigenvalue weighted by atomic mass is 9.81. The molecule has 0 saturated carbocycles. The van der Waals surface area contributed by atoms with Gasteiger partial charge < -0.3 is 10.5 Å². The molecular weight excluding hydrogens is 284 g/mol. The van der Waals surface area contributed by atoms with Gasteiger partial charge in [0.05, 0.1) is 12.0 Å². The summed E-state index contributed by atoms with van der Waals surface area (Å²) in [5.41, 5.74) is 4.12. The summed E-state index contributed by atoms with van der Waals surface area (Å²) in [5, 5.41) is 16.2. The van der Waals surface area contributed by atoms with Crippen molar-refractivity contribution in [2.45, 2.75) is 33.2 Å². The van der Waals surface area contributed by atoms with Crippen molar-refractivity contribution in [3.63, 3.8) is 0 Å². The molecule has 3 rings (SSSR count). The fourth-order valence-electron chi connectivity index (χ4n) is 3.43. The molecule has 0 amide bonds. The summed E-state index contributed by atoms with van der Waals surface area (Å²) in [6.45, 7) is 7.05. The lowest BCUT2D eigenvalue weighted by molar-refractivity contribution is -0.487. The van der Waals surface area contributed by atoms with Gasteiger partial charge in [-0.15, -0.1) is 0 Å². The molecule has 0 fully saturated rings. The molecule has 0 aliphatic carbocycles. The first-order valence-electron chi connectivity index (χ1n) is 8.17. The van der Waals surface area contributed by atoms with E-state index in [0.717, 1.165) is 23.4 Å². The second kappa shape index (κ2) is 6.07. The Bertz CT molecular complexity index is 702. The number of nitrogens with zero attached hydrogens (tertiary/aromatic N) is 1. The second-order valence-electron chi connectivity index (χ2n) is 7.03. The van der Waals surface area contributed by atoms with Gasteiger partial charge in [-0.05, 0) is 45.0 Å². The highest BCUT2D eigenvalue weighted by Crippen LogP contribution is 2.35. The highest BCUT2D eigenvalue weighted by molar-refractivity contribution is 6.01. The third-order valence-electron chi connectivity index (χ3n) is 4.58. The Hall–Kier alpha value is -2.29. The minimum Gasteiger partial charge on any atom is -0.623 e. The predicted molar refractivity (Wildman–Crippen MR) is 96.0 cm³/mol. The summed E-state index contributed by atoms with van der Waals surface area (Å²) in [6, 6.07) is 18.3. The third kappa shape index (κ3) is 3.24. The largest absolute Gasteiger partial charge is 0.623 e. The third-order valence-corrected chi connectivity index (χ3v) is 4.58. The fourth-order valence-corrected chi connectivity index (χ4v) is 3.43. The van der Waals surface area contributed by atoms with E-state index in [4.69, 9.17) is 0 Å². The quantitative estimate of drug-likeness (QED) is 0.679. The van der Waals surface area contributed by atoms with E-state index in [9.17, 15) is 5.21 Å². The Morgan fingerprint density at radius 1 is 1.09 bits per heavy atom. The van der Waals surface area contributed by atoms with Crippen LogP contribution in [-0.4, -0.2) is 23.0 Å². The van der Waals surface area contributed by atoms with Crippen molar-refractivity contribution in [2.24, 2.45) is 5.41 Å². The molecule has 3 nitrogen and oxygen atoms in total. The maximum Gasteiger partial charge on any atom is 0.200 e. The Morgan fingerprint density at radius 2 is 1.74 bits per heavy atom. The van der Waals surface area contributed by atoms with Crippen molar-refractivity contribution in [1.29, 1.82) is 0 Å². The van der Waals surface area contributed by atoms with E-state index in [1.165, 1.54) is 10.3 Å². The molecule has 0 aromatic heterocycles. The maximum absolute atomic E-state index is 12.8. The molecule has 1 heterocycles. The number of hydrogen-bond donors (Lipinski definition) is 1. The minimum atomic E-state index is -0.108. The average Bonchev–Trinajstić information content (AvgIpc) is 2.76. The molecule has 0 saturated heterocycles. The van der Waals surface area contributed by atoms with Gasteiger partial charge in [-0.2, -0.15) is 0 Å². The highest BCUT2D eigenvalue weighted by Gasteiger charge is 2.45. The highest BCUT2D eigenvalue weighted by atomic mass is 16.5. The van der Waals surface area contributed by atoms with Crippen LogP contribution >= 0.6 is 0 Å². The van der Waals surface area contributed by atoms with Crippen molar-refractivity contribution < 1.29 is 4.74 Å². The van der Waals surface area contributed by atoms with Crippen molar-refractivity contribution in [1.82, 2.24) is 0 Å². The first-order chi connectivity index (χ1) is 11.0. The van der Waals surface area contributed by atoms with Gasteiger partial charge in [0.15, 0.2) is 6.04 Å². The minimum absolute atomic E-state index is 0.0403. The zero-order chi connectivity index (χ0) is 16.4. The van der Waals surface area contributed by atoms with E-state index in [-0.39, 0.29) is 11.5 Å². The number of anilines is 1. The molecular formula is C20H24N2O. The van der Waals surface area contributed by atoms with Crippen LogP contribution in [0.25, 0.3) is 0 Å². The summed E-state index contributed by atoms with van der Waals surface area (Å²) in [6.07, 6.45) is 0.861. The molecule has 0 spiro atoms. The summed E-state index contributed by atoms with van der Waals surface area (Å²) in [4.78, 5) is 0. The summed E-state index contributed by atoms with van der Waals surface area (Å²) >= 11 is 0. The van der Waals surface area contributed by atoms with Crippen molar-refractivity contribution in [2.75, 3.05) is 11.9 Å². The Morgan fingerprint density at radius 3 is 2.39 bits per heavy atom. The van der Waals surface area contributed by atoms with Crippen LogP contribution in [0.5, 0.6) is 0 Å². The molecule has 2 aromatic carbocycles. The average molecular weight is 308 g/mol. The van der Waals surface area contributed by atoms with Crippen LogP contribution < -0.4 is 5.32 Å². The number of hydrogen-bond acceptors (Lipinski definition) is 2. The normalized spacial score (nSPS) is 19.9. The second-order valence-corrected chi connectivity index (χ2v) is 7.03. The molecule has 1 atom stereocenters. The first kappa shape index (κ1) is 15.6. The number of nitrogens with one attached hydrogen (secondary N) is 1. The van der Waals surface area contributed by atoms with Gasteiger partial charge in [0.1, 0.15) is 0 Å². The van der Waals surface area contributed by atoms with E-state index in [2.05, 4.69) is 50.4 Å². The fraction of sp³-hybridized carbons (Fsp3) is 0.350. The van der Waals surface area contributed by atoms with Gasteiger partial charge in [-0.1, -0.05) is 35.9 Å². The zero-order valence-corrected chi connectivity index (χ0v) is 14.0. The Kier molecular flexibility index (Phi) is 4.12. The van der Waals surface area contributed by atoms with E-state index < -0.39 is 0 Å². The molecule has 3 heteroatoms. The molecule has 0 bridgehead atoms.